The van der Waals surface area contributed by atoms with Crippen molar-refractivity contribution in [1.29, 1.82) is 0 Å². The number of Topliss-reactive ketones (excluding diaryl/α,β-unsaturated/α-hetero) is 1. The zero-order valence-corrected chi connectivity index (χ0v) is 13.2. The molecule has 1 fully saturated rings. The van der Waals surface area contributed by atoms with Gasteiger partial charge in [-0.3, -0.25) is 9.59 Å². The van der Waals surface area contributed by atoms with Gasteiger partial charge in [0.2, 0.25) is 5.91 Å². The van der Waals surface area contributed by atoms with E-state index < -0.39 is 11.5 Å². The molecule has 0 radical (unpaired) electrons. The van der Waals surface area contributed by atoms with Gasteiger partial charge in [0.15, 0.2) is 16.6 Å². The Hall–Kier alpha value is -1.96. The van der Waals surface area contributed by atoms with Crippen molar-refractivity contribution in [1.82, 2.24) is 9.88 Å². The highest BCUT2D eigenvalue weighted by atomic mass is 32.1. The normalized spacial score (nSPS) is 18.0. The van der Waals surface area contributed by atoms with E-state index in [0.717, 1.165) is 11.3 Å². The number of rotatable bonds is 3. The second-order valence-corrected chi connectivity index (χ2v) is 6.45. The molecule has 1 saturated heterocycles. The fourth-order valence-electron chi connectivity index (χ4n) is 2.36. The minimum Gasteiger partial charge on any atom is -0.476 e. The van der Waals surface area contributed by atoms with Crippen LogP contribution in [-0.2, 0) is 4.79 Å². The Labute approximate surface area is 126 Å². The maximum atomic E-state index is 12.3. The fourth-order valence-corrected chi connectivity index (χ4v) is 3.48. The third kappa shape index (κ3) is 2.51. The third-order valence-corrected chi connectivity index (χ3v) is 4.75. The molecule has 2 rings (SSSR count). The highest BCUT2D eigenvalue weighted by molar-refractivity contribution is 7.17. The molecule has 21 heavy (non-hydrogen) atoms. The largest absolute Gasteiger partial charge is 0.476 e. The maximum absolute atomic E-state index is 12.3. The highest BCUT2D eigenvalue weighted by Crippen LogP contribution is 2.33. The molecule has 0 unspecified atom stereocenters. The lowest BCUT2D eigenvalue weighted by molar-refractivity contribution is -0.136. The van der Waals surface area contributed by atoms with E-state index in [1.807, 2.05) is 0 Å². The number of aromatic nitrogens is 1. The number of hydrogen-bond acceptors (Lipinski definition) is 6. The summed E-state index contributed by atoms with van der Waals surface area (Å²) in [5.41, 5.74) is -1.07. The highest BCUT2D eigenvalue weighted by Gasteiger charge is 2.42. The molecule has 0 aliphatic carbocycles. The first-order valence-electron chi connectivity index (χ1n) is 6.44. The van der Waals surface area contributed by atoms with Gasteiger partial charge in [-0.05, 0) is 13.8 Å². The Morgan fingerprint density at radius 1 is 1.33 bits per heavy atom. The molecule has 2 heterocycles. The molecule has 1 N–H and O–H groups in total. The van der Waals surface area contributed by atoms with Gasteiger partial charge in [-0.25, -0.2) is 9.78 Å². The Kier molecular flexibility index (Phi) is 3.75. The van der Waals surface area contributed by atoms with Crippen molar-refractivity contribution >= 4 is 34.1 Å². The van der Waals surface area contributed by atoms with E-state index in [4.69, 9.17) is 5.11 Å². The van der Waals surface area contributed by atoms with Crippen molar-refractivity contribution in [2.75, 3.05) is 25.0 Å². The van der Waals surface area contributed by atoms with Gasteiger partial charge in [-0.2, -0.15) is 0 Å². The molecular weight excluding hydrogens is 294 g/mol. The number of amides is 1. The standard InChI is InChI=1S/C13H17N3O4S/c1-7(17)9-8(10(18)19)14-12(21-9)16-6-5-15(4)11(20)13(16,2)3/h5-6H2,1-4H3,(H,18,19). The minimum atomic E-state index is -1.24. The van der Waals surface area contributed by atoms with Gasteiger partial charge >= 0.3 is 5.97 Å². The summed E-state index contributed by atoms with van der Waals surface area (Å²) in [4.78, 5) is 42.6. The Bertz CT molecular complexity index is 591. The fraction of sp³-hybridized carbons (Fsp3) is 0.538. The van der Waals surface area contributed by atoms with Crippen LogP contribution in [0, 0.1) is 0 Å². The van der Waals surface area contributed by atoms with Gasteiger partial charge in [0.25, 0.3) is 0 Å². The van der Waals surface area contributed by atoms with Crippen molar-refractivity contribution in [3.8, 4) is 0 Å². The van der Waals surface area contributed by atoms with Gasteiger partial charge in [0.05, 0.1) is 0 Å². The van der Waals surface area contributed by atoms with Crippen LogP contribution < -0.4 is 4.90 Å². The summed E-state index contributed by atoms with van der Waals surface area (Å²) in [5, 5.41) is 9.54. The molecule has 8 heteroatoms. The smallest absolute Gasteiger partial charge is 0.356 e. The first kappa shape index (κ1) is 15.4. The molecule has 1 aromatic rings. The van der Waals surface area contributed by atoms with Crippen LogP contribution in [0.15, 0.2) is 0 Å². The Balaban J connectivity index is 2.47. The van der Waals surface area contributed by atoms with E-state index in [1.54, 1.807) is 30.7 Å². The number of hydrogen-bond donors (Lipinski definition) is 1. The molecule has 0 saturated carbocycles. The Morgan fingerprint density at radius 3 is 2.43 bits per heavy atom. The monoisotopic (exact) mass is 311 g/mol. The number of carboxylic acids is 1. The Morgan fingerprint density at radius 2 is 1.95 bits per heavy atom. The van der Waals surface area contributed by atoms with Crippen LogP contribution in [0.4, 0.5) is 5.13 Å². The zero-order chi connectivity index (χ0) is 15.9. The summed E-state index contributed by atoms with van der Waals surface area (Å²) in [6, 6.07) is 0. The lowest BCUT2D eigenvalue weighted by Crippen LogP contribution is -2.62. The molecule has 1 aliphatic rings. The van der Waals surface area contributed by atoms with Crippen LogP contribution in [-0.4, -0.2) is 58.3 Å². The molecule has 7 nitrogen and oxygen atoms in total. The topological polar surface area (TPSA) is 90.8 Å². The van der Waals surface area contributed by atoms with Gasteiger partial charge in [-0.1, -0.05) is 11.3 Å². The average Bonchev–Trinajstić information content (AvgIpc) is 2.81. The van der Waals surface area contributed by atoms with Crippen molar-refractivity contribution in [2.24, 2.45) is 0 Å². The molecule has 0 aromatic carbocycles. The number of aromatic carboxylic acids is 1. The first-order valence-corrected chi connectivity index (χ1v) is 7.26. The van der Waals surface area contributed by atoms with E-state index >= 15 is 0 Å². The van der Waals surface area contributed by atoms with E-state index in [-0.39, 0.29) is 22.3 Å². The molecular formula is C13H17N3O4S. The number of likely N-dealkylation sites (N-methyl/N-ethyl adjacent to an activating group) is 1. The van der Waals surface area contributed by atoms with Crippen LogP contribution in [0.5, 0.6) is 0 Å². The van der Waals surface area contributed by atoms with Crippen molar-refractivity contribution < 1.29 is 19.5 Å². The number of carboxylic acid groups (broad SMARTS) is 1. The van der Waals surface area contributed by atoms with Crippen molar-refractivity contribution in [2.45, 2.75) is 26.3 Å². The summed E-state index contributed by atoms with van der Waals surface area (Å²) in [6.07, 6.45) is 0. The summed E-state index contributed by atoms with van der Waals surface area (Å²) in [6.45, 7) is 5.91. The SMILES string of the molecule is CC(=O)c1sc(N2CCN(C)C(=O)C2(C)C)nc1C(=O)O. The molecule has 1 amide bonds. The van der Waals surface area contributed by atoms with E-state index in [9.17, 15) is 14.4 Å². The number of carbonyl (C=O) groups excluding carboxylic acids is 2. The van der Waals surface area contributed by atoms with Gasteiger partial charge in [0, 0.05) is 27.1 Å². The van der Waals surface area contributed by atoms with E-state index in [0.29, 0.717) is 18.2 Å². The molecule has 1 aliphatic heterocycles. The predicted molar refractivity (Wildman–Crippen MR) is 78.1 cm³/mol. The number of carbonyl (C=O) groups is 3. The number of piperazine rings is 1. The average molecular weight is 311 g/mol. The summed E-state index contributed by atoms with van der Waals surface area (Å²) in [5.74, 6) is -1.64. The minimum absolute atomic E-state index is 0.0646. The van der Waals surface area contributed by atoms with Crippen LogP contribution in [0.25, 0.3) is 0 Å². The van der Waals surface area contributed by atoms with E-state index in [2.05, 4.69) is 4.98 Å². The second kappa shape index (κ2) is 5.10. The van der Waals surface area contributed by atoms with Crippen LogP contribution in [0.1, 0.15) is 40.9 Å². The summed E-state index contributed by atoms with van der Waals surface area (Å²) < 4.78 is 0. The van der Waals surface area contributed by atoms with Gasteiger partial charge in [-0.15, -0.1) is 0 Å². The lowest BCUT2D eigenvalue weighted by atomic mass is 9.99. The van der Waals surface area contributed by atoms with Gasteiger partial charge < -0.3 is 14.9 Å². The van der Waals surface area contributed by atoms with Crippen LogP contribution in [0.2, 0.25) is 0 Å². The number of nitrogens with zero attached hydrogens (tertiary/aromatic N) is 3. The lowest BCUT2D eigenvalue weighted by Gasteiger charge is -2.44. The quantitative estimate of drug-likeness (QED) is 0.841. The summed E-state index contributed by atoms with van der Waals surface area (Å²) >= 11 is 1.02. The predicted octanol–water partition coefficient (Wildman–Crippen LogP) is 1.10. The molecule has 0 bridgehead atoms. The summed E-state index contributed by atoms with van der Waals surface area (Å²) in [7, 11) is 1.73. The molecule has 0 spiro atoms. The molecule has 1 aromatic heterocycles. The first-order chi connectivity index (χ1) is 9.66. The van der Waals surface area contributed by atoms with Crippen molar-refractivity contribution in [3.63, 3.8) is 0 Å². The van der Waals surface area contributed by atoms with Crippen molar-refractivity contribution in [3.05, 3.63) is 10.6 Å². The number of anilines is 1. The van der Waals surface area contributed by atoms with E-state index in [1.165, 1.54) is 6.92 Å². The third-order valence-electron chi connectivity index (χ3n) is 3.57. The second-order valence-electron chi connectivity index (χ2n) is 5.47. The number of thiazole rings is 1. The molecule has 114 valence electrons. The van der Waals surface area contributed by atoms with Crippen LogP contribution >= 0.6 is 11.3 Å². The zero-order valence-electron chi connectivity index (χ0n) is 12.3. The maximum Gasteiger partial charge on any atom is 0.356 e. The number of ketones is 1. The molecule has 0 atom stereocenters. The van der Waals surface area contributed by atoms with Gasteiger partial charge in [0.1, 0.15) is 10.4 Å². The van der Waals surface area contributed by atoms with Crippen LogP contribution in [0.3, 0.4) is 0 Å².